The van der Waals surface area contributed by atoms with Gasteiger partial charge in [-0.25, -0.2) is 4.79 Å². The summed E-state index contributed by atoms with van der Waals surface area (Å²) in [5.74, 6) is -0.00861. The van der Waals surface area contributed by atoms with Crippen LogP contribution in [0.5, 0.6) is 11.5 Å². The molecule has 0 amide bonds. The largest absolute Gasteiger partial charge is 1.00 e. The molecule has 9 heteroatoms. The van der Waals surface area contributed by atoms with E-state index in [-0.39, 0.29) is 93.8 Å². The summed E-state index contributed by atoms with van der Waals surface area (Å²) in [6, 6.07) is 2.48. The zero-order valence-electron chi connectivity index (χ0n) is 18.8. The van der Waals surface area contributed by atoms with E-state index in [4.69, 9.17) is 9.52 Å². The third kappa shape index (κ3) is 10.0. The number of carbonyl (C=O) groups is 2. The predicted molar refractivity (Wildman–Crippen MR) is 112 cm³/mol. The van der Waals surface area contributed by atoms with Crippen molar-refractivity contribution >= 4 is 11.6 Å². The predicted octanol–water partition coefficient (Wildman–Crippen LogP) is 0.746. The van der Waals surface area contributed by atoms with E-state index < -0.39 is 22.6 Å². The normalized spacial score (nSPS) is 9.71. The third-order valence-corrected chi connectivity index (χ3v) is 3.75. The Labute approximate surface area is 224 Å². The van der Waals surface area contributed by atoms with E-state index >= 15 is 0 Å². The number of aryl methyl sites for hydroxylation is 2. The Hall–Kier alpha value is -1.65. The number of hydrogen-bond acceptors (Lipinski definition) is 8. The van der Waals surface area contributed by atoms with Crippen LogP contribution in [0.3, 0.4) is 0 Å². The summed E-state index contributed by atoms with van der Waals surface area (Å²) in [6.45, 7) is 10.0. The fourth-order valence-electron chi connectivity index (χ4n) is 2.43. The van der Waals surface area contributed by atoms with Crippen LogP contribution in [0.1, 0.15) is 65.3 Å². The fraction of sp³-hybridized carbons (Fsp3) is 0.318. The molecule has 0 unspecified atom stereocenters. The van der Waals surface area contributed by atoms with Crippen LogP contribution in [0, 0.1) is 34.1 Å². The van der Waals surface area contributed by atoms with Gasteiger partial charge in [-0.3, -0.25) is 9.59 Å². The molecule has 0 aliphatic carbocycles. The summed E-state index contributed by atoms with van der Waals surface area (Å²) in [7, 11) is 0. The van der Waals surface area contributed by atoms with E-state index in [1.807, 2.05) is 13.8 Å². The Kier molecular flexibility index (Phi) is 14.7. The van der Waals surface area contributed by atoms with Crippen molar-refractivity contribution in [2.45, 2.75) is 47.0 Å². The van der Waals surface area contributed by atoms with Gasteiger partial charge in [-0.2, -0.15) is 27.2 Å². The minimum Gasteiger partial charge on any atom is -0.526 e. The van der Waals surface area contributed by atoms with Gasteiger partial charge in [-0.05, 0) is 19.4 Å². The molecule has 31 heavy (non-hydrogen) atoms. The standard InChI is InChI=1S/C13H17O4.C8H7O4.CH3.K/c1-8(2)5-4-6-10(14)12-11(15)7-9(3)17-13(12)16;1-4-3-6(10)7(5(2)9)8(11)12-4;;/h7,15H,4-6H2,1-3H3;3,10H,2H2,1H3;1H3;/q3*-1;+1. The van der Waals surface area contributed by atoms with E-state index in [1.165, 1.54) is 25.0 Å². The Balaban J connectivity index is 0. The van der Waals surface area contributed by atoms with Gasteiger partial charge in [-0.15, -0.1) is 0 Å². The molecule has 2 heterocycles. The molecule has 0 aliphatic heterocycles. The second-order valence-electron chi connectivity index (χ2n) is 6.72. The van der Waals surface area contributed by atoms with Gasteiger partial charge in [0.1, 0.15) is 22.8 Å². The van der Waals surface area contributed by atoms with Crippen LogP contribution >= 0.6 is 0 Å². The van der Waals surface area contributed by atoms with Gasteiger partial charge in [0.25, 0.3) is 5.63 Å². The molecular formula is C22H27KO8-2. The van der Waals surface area contributed by atoms with Gasteiger partial charge < -0.3 is 37.2 Å². The van der Waals surface area contributed by atoms with Crippen LogP contribution in [-0.2, 0) is 0 Å². The van der Waals surface area contributed by atoms with Gasteiger partial charge in [-0.1, -0.05) is 6.42 Å². The molecule has 0 aliphatic rings. The second-order valence-corrected chi connectivity index (χ2v) is 6.72. The maximum Gasteiger partial charge on any atom is 1.00 e. The molecule has 2 aromatic rings. The minimum absolute atomic E-state index is 0. The Morgan fingerprint density at radius 1 is 0.968 bits per heavy atom. The average molecular weight is 459 g/mol. The summed E-state index contributed by atoms with van der Waals surface area (Å²) >= 11 is 0. The molecule has 0 atom stereocenters. The summed E-state index contributed by atoms with van der Waals surface area (Å²) in [4.78, 5) is 44.8. The SMILES string of the molecule is Cc1cc(O)c(C(=O)CCC[C-](C)C)c(=O)o1.[CH2-]C(=O)c1c(O)cc(C)oc1=O.[CH3-].[K+]. The first-order valence-electron chi connectivity index (χ1n) is 8.80. The molecule has 2 aromatic heterocycles. The molecule has 0 bridgehead atoms. The molecule has 0 saturated carbocycles. The molecule has 0 fully saturated rings. The van der Waals surface area contributed by atoms with Crippen molar-refractivity contribution in [2.75, 3.05) is 0 Å². The first-order chi connectivity index (χ1) is 13.4. The van der Waals surface area contributed by atoms with Crippen LogP contribution in [0.2, 0.25) is 0 Å². The van der Waals surface area contributed by atoms with Crippen LogP contribution in [0.4, 0.5) is 0 Å². The van der Waals surface area contributed by atoms with Crippen molar-refractivity contribution in [3.63, 3.8) is 0 Å². The molecule has 0 radical (unpaired) electrons. The van der Waals surface area contributed by atoms with Crippen LogP contribution < -0.4 is 62.6 Å². The van der Waals surface area contributed by atoms with Gasteiger partial charge >= 0.3 is 57.0 Å². The van der Waals surface area contributed by atoms with Crippen molar-refractivity contribution in [1.82, 2.24) is 0 Å². The molecular weight excluding hydrogens is 431 g/mol. The molecule has 8 nitrogen and oxygen atoms in total. The van der Waals surface area contributed by atoms with Crippen molar-refractivity contribution in [2.24, 2.45) is 0 Å². The van der Waals surface area contributed by atoms with Crippen molar-refractivity contribution in [3.8, 4) is 11.5 Å². The van der Waals surface area contributed by atoms with Crippen molar-refractivity contribution in [1.29, 1.82) is 0 Å². The number of Topliss-reactive ketones (excluding diaryl/α,β-unsaturated/α-hetero) is 2. The number of carbonyl (C=O) groups excluding carboxylic acids is 2. The zero-order valence-corrected chi connectivity index (χ0v) is 22.0. The molecule has 0 spiro atoms. The number of rotatable bonds is 6. The van der Waals surface area contributed by atoms with Gasteiger partial charge in [0.15, 0.2) is 5.78 Å². The number of hydrogen-bond donors (Lipinski definition) is 2. The topological polar surface area (TPSA) is 135 Å². The van der Waals surface area contributed by atoms with E-state index in [2.05, 4.69) is 11.3 Å². The second kappa shape index (κ2) is 14.4. The van der Waals surface area contributed by atoms with Crippen molar-refractivity contribution in [3.05, 3.63) is 75.9 Å². The number of aromatic hydroxyl groups is 2. The van der Waals surface area contributed by atoms with E-state index in [9.17, 15) is 24.3 Å². The average Bonchev–Trinajstić information content (AvgIpc) is 2.52. The molecule has 0 saturated heterocycles. The van der Waals surface area contributed by atoms with Crippen LogP contribution in [0.25, 0.3) is 0 Å². The first-order valence-corrected chi connectivity index (χ1v) is 8.80. The maximum absolute atomic E-state index is 11.7. The first kappa shape index (κ1) is 31.5. The molecule has 166 valence electrons. The monoisotopic (exact) mass is 458 g/mol. The smallest absolute Gasteiger partial charge is 0.526 e. The van der Waals surface area contributed by atoms with Gasteiger partial charge in [0.05, 0.1) is 5.75 Å². The van der Waals surface area contributed by atoms with Gasteiger partial charge in [0.2, 0.25) is 0 Å². The Morgan fingerprint density at radius 3 is 1.74 bits per heavy atom. The zero-order chi connectivity index (χ0) is 22.3. The Morgan fingerprint density at radius 2 is 1.39 bits per heavy atom. The third-order valence-electron chi connectivity index (χ3n) is 3.75. The Bertz CT molecular complexity index is 1000. The minimum atomic E-state index is -0.854. The fourth-order valence-corrected chi connectivity index (χ4v) is 2.43. The molecule has 2 N–H and O–H groups in total. The van der Waals surface area contributed by atoms with Gasteiger partial charge in [0, 0.05) is 24.3 Å². The number of ketones is 2. The summed E-state index contributed by atoms with van der Waals surface area (Å²) < 4.78 is 9.37. The van der Waals surface area contributed by atoms with Crippen molar-refractivity contribution < 1.29 is 80.0 Å². The van der Waals surface area contributed by atoms with E-state index in [0.717, 1.165) is 6.42 Å². The maximum atomic E-state index is 11.7. The quantitative estimate of drug-likeness (QED) is 0.368. The summed E-state index contributed by atoms with van der Waals surface area (Å²) in [5, 5.41) is 18.7. The summed E-state index contributed by atoms with van der Waals surface area (Å²) in [5.41, 5.74) is -2.25. The van der Waals surface area contributed by atoms with Crippen LogP contribution in [-0.4, -0.2) is 21.8 Å². The summed E-state index contributed by atoms with van der Waals surface area (Å²) in [6.07, 6.45) is 1.75. The van der Waals surface area contributed by atoms with Crippen LogP contribution in [0.15, 0.2) is 30.6 Å². The van der Waals surface area contributed by atoms with E-state index in [0.29, 0.717) is 12.2 Å². The molecule has 0 aromatic carbocycles. The molecule has 2 rings (SSSR count). The van der Waals surface area contributed by atoms with E-state index in [1.54, 1.807) is 6.92 Å².